The number of carbonyl (C=O) groups is 3. The summed E-state index contributed by atoms with van der Waals surface area (Å²) in [6.45, 7) is 6.39. The van der Waals surface area contributed by atoms with E-state index in [1.807, 2.05) is 6.08 Å². The Bertz CT molecular complexity index is 1100. The molecule has 326 valence electrons. The third-order valence-electron chi connectivity index (χ3n) is 9.73. The summed E-state index contributed by atoms with van der Waals surface area (Å²) in [4.78, 5) is 37.7. The summed E-state index contributed by atoms with van der Waals surface area (Å²) in [7, 11) is 0. The summed E-state index contributed by atoms with van der Waals surface area (Å²) in [6.07, 6.45) is 56.2. The van der Waals surface area contributed by atoms with Crippen LogP contribution in [0.15, 0.2) is 72.9 Å². The normalized spacial score (nSPS) is 12.7. The van der Waals surface area contributed by atoms with Gasteiger partial charge in [0.25, 0.3) is 0 Å². The van der Waals surface area contributed by atoms with Crippen LogP contribution in [0.1, 0.15) is 213 Å². The highest BCUT2D eigenvalue weighted by Crippen LogP contribution is 2.13. The van der Waals surface area contributed by atoms with Crippen molar-refractivity contribution in [3.8, 4) is 0 Å². The standard InChI is InChI=1S/C51H86O6/c1-4-7-10-13-16-19-22-24-26-28-29-32-35-38-41-44-50(53)56-47-48(46-55-49(52)43-40-37-34-31-21-18-15-12-9-6-3)57-51(54)45-42-39-36-33-30-27-25-23-20-17-14-11-8-5-2/h7,10,16,19,23-26,29,32,38,41,48H,4-6,8-9,11-15,17-18,20-22,27-28,30-31,33-37,39-40,42-47H2,1-3H3/b10-7-,19-16-,25-23-,26-24-,32-29-,41-38-. The monoisotopic (exact) mass is 795 g/mol. The lowest BCUT2D eigenvalue weighted by atomic mass is 10.1. The summed E-state index contributed by atoms with van der Waals surface area (Å²) in [6, 6.07) is 0. The van der Waals surface area contributed by atoms with E-state index in [1.54, 1.807) is 6.08 Å². The Morgan fingerprint density at radius 1 is 0.386 bits per heavy atom. The Kier molecular flexibility index (Phi) is 43.0. The zero-order chi connectivity index (χ0) is 41.5. The van der Waals surface area contributed by atoms with E-state index in [1.165, 1.54) is 89.9 Å². The molecule has 1 unspecified atom stereocenters. The SMILES string of the molecule is CC/C=C\C/C=C\C/C=C\C/C=C\C/C=C\CC(=O)OCC(COC(=O)CCCCCCCCCCCC)OC(=O)CCCCCCC/C=C\CCCCCCC. The lowest BCUT2D eigenvalue weighted by molar-refractivity contribution is -0.166. The van der Waals surface area contributed by atoms with E-state index >= 15 is 0 Å². The maximum absolute atomic E-state index is 12.7. The van der Waals surface area contributed by atoms with Crippen LogP contribution in [0.2, 0.25) is 0 Å². The molecule has 0 aliphatic rings. The van der Waals surface area contributed by atoms with E-state index in [-0.39, 0.29) is 31.6 Å². The molecule has 6 heteroatoms. The predicted molar refractivity (Wildman–Crippen MR) is 242 cm³/mol. The van der Waals surface area contributed by atoms with Gasteiger partial charge in [0.15, 0.2) is 6.10 Å². The van der Waals surface area contributed by atoms with Crippen molar-refractivity contribution in [1.29, 1.82) is 0 Å². The maximum Gasteiger partial charge on any atom is 0.309 e. The molecule has 0 saturated heterocycles. The molecule has 0 aliphatic carbocycles. The molecular weight excluding hydrogens is 709 g/mol. The first-order valence-corrected chi connectivity index (χ1v) is 23.4. The third kappa shape index (κ3) is 43.8. The smallest absolute Gasteiger partial charge is 0.309 e. The van der Waals surface area contributed by atoms with Gasteiger partial charge in [0.1, 0.15) is 13.2 Å². The zero-order valence-electron chi connectivity index (χ0n) is 37.1. The van der Waals surface area contributed by atoms with Crippen LogP contribution in [0, 0.1) is 0 Å². The van der Waals surface area contributed by atoms with Crippen molar-refractivity contribution < 1.29 is 28.6 Å². The highest BCUT2D eigenvalue weighted by Gasteiger charge is 2.19. The third-order valence-corrected chi connectivity index (χ3v) is 9.73. The van der Waals surface area contributed by atoms with E-state index in [0.717, 1.165) is 83.5 Å². The first-order chi connectivity index (χ1) is 28.0. The first kappa shape index (κ1) is 53.9. The number of esters is 3. The number of carbonyl (C=O) groups excluding carboxylic acids is 3. The van der Waals surface area contributed by atoms with Crippen molar-refractivity contribution in [3.63, 3.8) is 0 Å². The molecular formula is C51H86O6. The van der Waals surface area contributed by atoms with Gasteiger partial charge >= 0.3 is 17.9 Å². The van der Waals surface area contributed by atoms with Crippen LogP contribution in [-0.2, 0) is 28.6 Å². The Labute approximate surface area is 351 Å². The van der Waals surface area contributed by atoms with Gasteiger partial charge in [-0.1, -0.05) is 196 Å². The second-order valence-electron chi connectivity index (χ2n) is 15.3. The van der Waals surface area contributed by atoms with Crippen LogP contribution >= 0.6 is 0 Å². The van der Waals surface area contributed by atoms with Crippen molar-refractivity contribution in [3.05, 3.63) is 72.9 Å². The molecule has 0 bridgehead atoms. The number of allylic oxidation sites excluding steroid dienone is 11. The Hall–Kier alpha value is -3.15. The van der Waals surface area contributed by atoms with Crippen molar-refractivity contribution in [1.82, 2.24) is 0 Å². The molecule has 0 saturated carbocycles. The van der Waals surface area contributed by atoms with Crippen LogP contribution in [0.5, 0.6) is 0 Å². The summed E-state index contributed by atoms with van der Waals surface area (Å²) in [5.74, 6) is -1.06. The molecule has 0 aromatic rings. The molecule has 0 N–H and O–H groups in total. The molecule has 0 amide bonds. The van der Waals surface area contributed by atoms with Gasteiger partial charge in [-0.05, 0) is 70.6 Å². The van der Waals surface area contributed by atoms with E-state index in [4.69, 9.17) is 14.2 Å². The highest BCUT2D eigenvalue weighted by atomic mass is 16.6. The van der Waals surface area contributed by atoms with Gasteiger partial charge in [0.05, 0.1) is 6.42 Å². The fourth-order valence-electron chi connectivity index (χ4n) is 6.21. The average molecular weight is 795 g/mol. The molecule has 0 aromatic heterocycles. The number of hydrogen-bond donors (Lipinski definition) is 0. The minimum atomic E-state index is -0.815. The first-order valence-electron chi connectivity index (χ1n) is 23.4. The van der Waals surface area contributed by atoms with Gasteiger partial charge in [0, 0.05) is 12.8 Å². The molecule has 0 aromatic carbocycles. The van der Waals surface area contributed by atoms with Crippen LogP contribution in [-0.4, -0.2) is 37.2 Å². The second kappa shape index (κ2) is 45.6. The van der Waals surface area contributed by atoms with Crippen LogP contribution < -0.4 is 0 Å². The summed E-state index contributed by atoms with van der Waals surface area (Å²) >= 11 is 0. The van der Waals surface area contributed by atoms with Crippen molar-refractivity contribution in [2.24, 2.45) is 0 Å². The Balaban J connectivity index is 4.52. The minimum absolute atomic E-state index is 0.108. The van der Waals surface area contributed by atoms with E-state index in [9.17, 15) is 14.4 Å². The van der Waals surface area contributed by atoms with Crippen LogP contribution in [0.3, 0.4) is 0 Å². The largest absolute Gasteiger partial charge is 0.462 e. The van der Waals surface area contributed by atoms with E-state index in [2.05, 4.69) is 81.5 Å². The lowest BCUT2D eigenvalue weighted by Crippen LogP contribution is -2.30. The number of rotatable bonds is 41. The summed E-state index contributed by atoms with van der Waals surface area (Å²) in [5, 5.41) is 0. The molecule has 0 heterocycles. The van der Waals surface area contributed by atoms with E-state index in [0.29, 0.717) is 12.8 Å². The minimum Gasteiger partial charge on any atom is -0.462 e. The highest BCUT2D eigenvalue weighted by molar-refractivity contribution is 5.72. The molecule has 0 aliphatic heterocycles. The maximum atomic E-state index is 12.7. The van der Waals surface area contributed by atoms with Crippen LogP contribution in [0.25, 0.3) is 0 Å². The predicted octanol–water partition coefficient (Wildman–Crippen LogP) is 15.1. The second-order valence-corrected chi connectivity index (χ2v) is 15.3. The number of unbranched alkanes of at least 4 members (excludes halogenated alkanes) is 19. The fourth-order valence-corrected chi connectivity index (χ4v) is 6.21. The average Bonchev–Trinajstić information content (AvgIpc) is 3.21. The molecule has 6 nitrogen and oxygen atoms in total. The van der Waals surface area contributed by atoms with Crippen molar-refractivity contribution >= 4 is 17.9 Å². The summed E-state index contributed by atoms with van der Waals surface area (Å²) < 4.78 is 16.6. The summed E-state index contributed by atoms with van der Waals surface area (Å²) in [5.41, 5.74) is 0. The van der Waals surface area contributed by atoms with Crippen molar-refractivity contribution in [2.75, 3.05) is 13.2 Å². The topological polar surface area (TPSA) is 78.9 Å². The molecule has 0 rings (SSSR count). The Morgan fingerprint density at radius 3 is 1.21 bits per heavy atom. The molecule has 57 heavy (non-hydrogen) atoms. The number of hydrogen-bond acceptors (Lipinski definition) is 6. The fraction of sp³-hybridized carbons (Fsp3) is 0.706. The molecule has 1 atom stereocenters. The molecule has 0 spiro atoms. The molecule has 0 radical (unpaired) electrons. The zero-order valence-corrected chi connectivity index (χ0v) is 37.1. The lowest BCUT2D eigenvalue weighted by Gasteiger charge is -2.18. The van der Waals surface area contributed by atoms with Gasteiger partial charge in [-0.3, -0.25) is 14.4 Å². The number of ether oxygens (including phenoxy) is 3. The van der Waals surface area contributed by atoms with Gasteiger partial charge < -0.3 is 14.2 Å². The van der Waals surface area contributed by atoms with Gasteiger partial charge in [-0.15, -0.1) is 0 Å². The van der Waals surface area contributed by atoms with Gasteiger partial charge in [-0.25, -0.2) is 0 Å². The van der Waals surface area contributed by atoms with Crippen molar-refractivity contribution in [2.45, 2.75) is 219 Å². The quantitative estimate of drug-likeness (QED) is 0.0265. The van der Waals surface area contributed by atoms with E-state index < -0.39 is 12.1 Å². The molecule has 0 fully saturated rings. The van der Waals surface area contributed by atoms with Gasteiger partial charge in [-0.2, -0.15) is 0 Å². The van der Waals surface area contributed by atoms with Gasteiger partial charge in [0.2, 0.25) is 0 Å². The van der Waals surface area contributed by atoms with Crippen LogP contribution in [0.4, 0.5) is 0 Å². The Morgan fingerprint density at radius 2 is 0.754 bits per heavy atom.